The average molecular weight is 329 g/mol. The molecule has 2 rings (SSSR count). The smallest absolute Gasteiger partial charge is 0.244 e. The van der Waals surface area contributed by atoms with E-state index in [1.54, 1.807) is 25.7 Å². The lowest BCUT2D eigenvalue weighted by Crippen LogP contribution is -2.25. The molecular formula is C18H23N3O3. The molecule has 6 heteroatoms. The molecule has 2 aromatic rings. The Bertz CT molecular complexity index is 679. The Kier molecular flexibility index (Phi) is 6.42. The van der Waals surface area contributed by atoms with Crippen molar-refractivity contribution in [3.05, 3.63) is 48.6 Å². The fraction of sp³-hybridized carbons (Fsp3) is 0.333. The Morgan fingerprint density at radius 1 is 1.38 bits per heavy atom. The quantitative estimate of drug-likeness (QED) is 0.756. The second-order valence-electron chi connectivity index (χ2n) is 5.50. The van der Waals surface area contributed by atoms with Crippen LogP contribution >= 0.6 is 0 Å². The number of nitrogens with zero attached hydrogens (tertiary/aromatic N) is 2. The molecule has 0 fully saturated rings. The highest BCUT2D eigenvalue weighted by molar-refractivity contribution is 5.91. The SMILES string of the molecule is COc1cc(C=CC(=O)NCCn2ccnc2)ccc1OC(C)C. The van der Waals surface area contributed by atoms with Gasteiger partial charge in [0.25, 0.3) is 0 Å². The summed E-state index contributed by atoms with van der Waals surface area (Å²) in [5.41, 5.74) is 0.868. The maximum atomic E-state index is 11.8. The molecule has 1 amide bonds. The lowest BCUT2D eigenvalue weighted by atomic mass is 10.2. The van der Waals surface area contributed by atoms with Gasteiger partial charge in [0.05, 0.1) is 19.5 Å². The monoisotopic (exact) mass is 329 g/mol. The number of hydrogen-bond donors (Lipinski definition) is 1. The Hall–Kier alpha value is -2.76. The summed E-state index contributed by atoms with van der Waals surface area (Å²) >= 11 is 0. The minimum Gasteiger partial charge on any atom is -0.493 e. The Labute approximate surface area is 142 Å². The van der Waals surface area contributed by atoms with Gasteiger partial charge in [-0.2, -0.15) is 0 Å². The first-order valence-electron chi connectivity index (χ1n) is 7.85. The number of benzene rings is 1. The first kappa shape index (κ1) is 17.6. The third kappa shape index (κ3) is 5.46. The van der Waals surface area contributed by atoms with Gasteiger partial charge >= 0.3 is 0 Å². The number of amides is 1. The fourth-order valence-electron chi connectivity index (χ4n) is 2.10. The molecule has 128 valence electrons. The van der Waals surface area contributed by atoms with Crippen molar-refractivity contribution in [2.24, 2.45) is 0 Å². The van der Waals surface area contributed by atoms with Gasteiger partial charge in [0.1, 0.15) is 0 Å². The van der Waals surface area contributed by atoms with Crippen molar-refractivity contribution in [1.82, 2.24) is 14.9 Å². The summed E-state index contributed by atoms with van der Waals surface area (Å²) in [6.45, 7) is 5.15. The van der Waals surface area contributed by atoms with E-state index in [-0.39, 0.29) is 12.0 Å². The van der Waals surface area contributed by atoms with E-state index in [9.17, 15) is 4.79 Å². The fourth-order valence-corrected chi connectivity index (χ4v) is 2.10. The van der Waals surface area contributed by atoms with E-state index >= 15 is 0 Å². The van der Waals surface area contributed by atoms with Gasteiger partial charge in [-0.05, 0) is 37.6 Å². The summed E-state index contributed by atoms with van der Waals surface area (Å²) < 4.78 is 12.9. The van der Waals surface area contributed by atoms with Gasteiger partial charge in [-0.3, -0.25) is 4.79 Å². The lowest BCUT2D eigenvalue weighted by molar-refractivity contribution is -0.116. The van der Waals surface area contributed by atoms with E-state index < -0.39 is 0 Å². The maximum Gasteiger partial charge on any atom is 0.244 e. The first-order chi connectivity index (χ1) is 11.6. The lowest BCUT2D eigenvalue weighted by Gasteiger charge is -2.13. The van der Waals surface area contributed by atoms with Crippen molar-refractivity contribution in [3.63, 3.8) is 0 Å². The van der Waals surface area contributed by atoms with Gasteiger partial charge in [0.2, 0.25) is 5.91 Å². The molecule has 1 aromatic carbocycles. The normalized spacial score (nSPS) is 11.0. The summed E-state index contributed by atoms with van der Waals surface area (Å²) in [5.74, 6) is 1.19. The van der Waals surface area contributed by atoms with Crippen molar-refractivity contribution in [1.29, 1.82) is 0 Å². The third-order valence-electron chi connectivity index (χ3n) is 3.21. The van der Waals surface area contributed by atoms with Gasteiger partial charge in [-0.1, -0.05) is 6.07 Å². The number of carbonyl (C=O) groups is 1. The van der Waals surface area contributed by atoms with Crippen LogP contribution in [0.4, 0.5) is 0 Å². The van der Waals surface area contributed by atoms with Gasteiger partial charge in [0.15, 0.2) is 11.5 Å². The Morgan fingerprint density at radius 2 is 2.21 bits per heavy atom. The summed E-state index contributed by atoms with van der Waals surface area (Å²) in [4.78, 5) is 15.8. The zero-order valence-electron chi connectivity index (χ0n) is 14.2. The van der Waals surface area contributed by atoms with Crippen molar-refractivity contribution in [2.75, 3.05) is 13.7 Å². The molecule has 0 radical (unpaired) electrons. The molecule has 0 aliphatic carbocycles. The average Bonchev–Trinajstić information content (AvgIpc) is 3.06. The molecule has 0 atom stereocenters. The third-order valence-corrected chi connectivity index (χ3v) is 3.21. The number of nitrogens with one attached hydrogen (secondary N) is 1. The van der Waals surface area contributed by atoms with Crippen molar-refractivity contribution >= 4 is 12.0 Å². The highest BCUT2D eigenvalue weighted by Gasteiger charge is 2.06. The minimum atomic E-state index is -0.142. The van der Waals surface area contributed by atoms with Gasteiger partial charge in [-0.15, -0.1) is 0 Å². The molecule has 24 heavy (non-hydrogen) atoms. The van der Waals surface area contributed by atoms with Crippen LogP contribution in [0.5, 0.6) is 11.5 Å². The highest BCUT2D eigenvalue weighted by Crippen LogP contribution is 2.29. The van der Waals surface area contributed by atoms with Gasteiger partial charge < -0.3 is 19.4 Å². The topological polar surface area (TPSA) is 65.4 Å². The summed E-state index contributed by atoms with van der Waals surface area (Å²) in [5, 5.41) is 2.83. The van der Waals surface area contributed by atoms with E-state index in [1.807, 2.05) is 42.8 Å². The summed E-state index contributed by atoms with van der Waals surface area (Å²) in [6, 6.07) is 5.57. The molecule has 0 unspecified atom stereocenters. The van der Waals surface area contributed by atoms with E-state index in [0.29, 0.717) is 24.6 Å². The van der Waals surface area contributed by atoms with Crippen LogP contribution in [0.3, 0.4) is 0 Å². The molecule has 0 aliphatic heterocycles. The van der Waals surface area contributed by atoms with E-state index in [4.69, 9.17) is 9.47 Å². The Balaban J connectivity index is 1.89. The largest absolute Gasteiger partial charge is 0.493 e. The molecular weight excluding hydrogens is 306 g/mol. The standard InChI is InChI=1S/C18H23N3O3/c1-14(2)24-16-6-4-15(12-17(16)23-3)5-7-18(22)20-9-11-21-10-8-19-13-21/h4-8,10,12-14H,9,11H2,1-3H3,(H,20,22). The van der Waals surface area contributed by atoms with Crippen LogP contribution < -0.4 is 14.8 Å². The molecule has 0 aliphatic rings. The number of aromatic nitrogens is 2. The second-order valence-corrected chi connectivity index (χ2v) is 5.50. The highest BCUT2D eigenvalue weighted by atomic mass is 16.5. The van der Waals surface area contributed by atoms with Crippen LogP contribution in [0.25, 0.3) is 6.08 Å². The second kappa shape index (κ2) is 8.76. The summed E-state index contributed by atoms with van der Waals surface area (Å²) in [6.07, 6.45) is 8.60. The van der Waals surface area contributed by atoms with Gasteiger partial charge in [0, 0.05) is 31.6 Å². The zero-order chi connectivity index (χ0) is 17.4. The molecule has 0 saturated heterocycles. The molecule has 6 nitrogen and oxygen atoms in total. The van der Waals surface area contributed by atoms with Crippen LogP contribution in [0, 0.1) is 0 Å². The van der Waals surface area contributed by atoms with Crippen LogP contribution in [-0.2, 0) is 11.3 Å². The van der Waals surface area contributed by atoms with Crippen LogP contribution in [0.1, 0.15) is 19.4 Å². The van der Waals surface area contributed by atoms with Crippen molar-refractivity contribution < 1.29 is 14.3 Å². The predicted octanol–water partition coefficient (Wildman–Crippen LogP) is 2.51. The number of imidazole rings is 1. The minimum absolute atomic E-state index is 0.0709. The molecule has 0 saturated carbocycles. The number of hydrogen-bond acceptors (Lipinski definition) is 4. The van der Waals surface area contributed by atoms with Crippen molar-refractivity contribution in [2.45, 2.75) is 26.5 Å². The number of methoxy groups -OCH3 is 1. The Morgan fingerprint density at radius 3 is 2.88 bits per heavy atom. The first-order valence-corrected chi connectivity index (χ1v) is 7.85. The van der Waals surface area contributed by atoms with E-state index in [2.05, 4.69) is 10.3 Å². The van der Waals surface area contributed by atoms with E-state index in [0.717, 1.165) is 5.56 Å². The molecule has 1 heterocycles. The number of ether oxygens (including phenoxy) is 2. The molecule has 0 spiro atoms. The zero-order valence-corrected chi connectivity index (χ0v) is 14.2. The van der Waals surface area contributed by atoms with Crippen molar-refractivity contribution in [3.8, 4) is 11.5 Å². The van der Waals surface area contributed by atoms with Crippen LogP contribution in [0.15, 0.2) is 43.0 Å². The number of carbonyl (C=O) groups excluding carboxylic acids is 1. The van der Waals surface area contributed by atoms with Crippen LogP contribution in [0.2, 0.25) is 0 Å². The molecule has 0 bridgehead atoms. The van der Waals surface area contributed by atoms with E-state index in [1.165, 1.54) is 6.08 Å². The van der Waals surface area contributed by atoms with Crippen LogP contribution in [-0.4, -0.2) is 35.2 Å². The van der Waals surface area contributed by atoms with Gasteiger partial charge in [-0.25, -0.2) is 4.98 Å². The number of rotatable bonds is 8. The summed E-state index contributed by atoms with van der Waals surface area (Å²) in [7, 11) is 1.60. The maximum absolute atomic E-state index is 11.8. The molecule has 1 N–H and O–H groups in total. The molecule has 1 aromatic heterocycles. The predicted molar refractivity (Wildman–Crippen MR) is 93.0 cm³/mol.